The fourth-order valence-electron chi connectivity index (χ4n) is 2.95. The molecule has 10 nitrogen and oxygen atoms in total. The second-order valence-corrected chi connectivity index (χ2v) is 6.87. The highest BCUT2D eigenvalue weighted by molar-refractivity contribution is 5.95. The number of ether oxygens (including phenoxy) is 1. The van der Waals surface area contributed by atoms with E-state index in [1.807, 2.05) is 6.07 Å². The van der Waals surface area contributed by atoms with Crippen LogP contribution in [0, 0.1) is 5.41 Å². The number of nitrogens with two attached hydrogens (primary N) is 1. The zero-order valence-corrected chi connectivity index (χ0v) is 16.8. The van der Waals surface area contributed by atoms with Crippen molar-refractivity contribution >= 4 is 29.4 Å². The van der Waals surface area contributed by atoms with E-state index in [1.165, 1.54) is 0 Å². The van der Waals surface area contributed by atoms with Gasteiger partial charge in [0.05, 0.1) is 19.6 Å². The van der Waals surface area contributed by atoms with Crippen molar-refractivity contribution in [1.29, 1.82) is 5.41 Å². The fraction of sp³-hybridized carbons (Fsp3) is 0.238. The molecule has 1 fully saturated rings. The molecule has 1 heterocycles. The molecule has 4 amide bonds. The SMILES string of the molecule is N=C(N)c1ccc(CNC(=O)C[C@H]2OCCN(NC(=O)Nc3ccccc3)C2=O)cc1. The number of urea groups is 1. The van der Waals surface area contributed by atoms with Gasteiger partial charge in [0.15, 0.2) is 0 Å². The lowest BCUT2D eigenvalue weighted by Gasteiger charge is -2.32. The summed E-state index contributed by atoms with van der Waals surface area (Å²) < 4.78 is 5.42. The van der Waals surface area contributed by atoms with Gasteiger partial charge in [0.25, 0.3) is 5.91 Å². The number of nitrogen functional groups attached to an aromatic ring is 1. The van der Waals surface area contributed by atoms with Crippen molar-refractivity contribution < 1.29 is 19.1 Å². The largest absolute Gasteiger partial charge is 0.384 e. The molecule has 1 aliphatic rings. The van der Waals surface area contributed by atoms with E-state index in [1.54, 1.807) is 48.5 Å². The van der Waals surface area contributed by atoms with Crippen LogP contribution >= 0.6 is 0 Å². The zero-order chi connectivity index (χ0) is 22.2. The number of morpholine rings is 1. The minimum absolute atomic E-state index is 0.0286. The lowest BCUT2D eigenvalue weighted by atomic mass is 10.1. The Kier molecular flexibility index (Phi) is 7.17. The van der Waals surface area contributed by atoms with Gasteiger partial charge in [0, 0.05) is 17.8 Å². The van der Waals surface area contributed by atoms with Crippen LogP contribution in [0.4, 0.5) is 10.5 Å². The number of hydrazine groups is 1. The van der Waals surface area contributed by atoms with Crippen LogP contribution in [0.25, 0.3) is 0 Å². The molecule has 0 spiro atoms. The molecule has 162 valence electrons. The Labute approximate surface area is 179 Å². The van der Waals surface area contributed by atoms with Crippen LogP contribution in [0.15, 0.2) is 54.6 Å². The number of nitrogens with zero attached hydrogens (tertiary/aromatic N) is 1. The van der Waals surface area contributed by atoms with Gasteiger partial charge in [-0.2, -0.15) is 0 Å². The van der Waals surface area contributed by atoms with E-state index in [-0.39, 0.29) is 37.9 Å². The number of benzene rings is 2. The van der Waals surface area contributed by atoms with E-state index >= 15 is 0 Å². The Hall–Kier alpha value is -3.92. The van der Waals surface area contributed by atoms with Crippen LogP contribution in [0.3, 0.4) is 0 Å². The monoisotopic (exact) mass is 424 g/mol. The van der Waals surface area contributed by atoms with Crippen LogP contribution in [-0.2, 0) is 20.9 Å². The number of hydrogen-bond acceptors (Lipinski definition) is 5. The Morgan fingerprint density at radius 3 is 2.52 bits per heavy atom. The van der Waals surface area contributed by atoms with E-state index < -0.39 is 18.0 Å². The van der Waals surface area contributed by atoms with Crippen LogP contribution in [0.5, 0.6) is 0 Å². The third-order valence-electron chi connectivity index (χ3n) is 4.57. The molecule has 0 bridgehead atoms. The molecule has 0 aliphatic carbocycles. The van der Waals surface area contributed by atoms with Crippen LogP contribution in [-0.4, -0.2) is 47.9 Å². The first-order valence-electron chi connectivity index (χ1n) is 9.68. The summed E-state index contributed by atoms with van der Waals surface area (Å²) in [6, 6.07) is 15.2. The van der Waals surface area contributed by atoms with Gasteiger partial charge in [0.1, 0.15) is 11.9 Å². The normalized spacial score (nSPS) is 15.8. The highest BCUT2D eigenvalue weighted by Crippen LogP contribution is 2.11. The molecule has 1 atom stereocenters. The number of amides is 4. The number of anilines is 1. The average molecular weight is 424 g/mol. The molecule has 3 rings (SSSR count). The third-order valence-corrected chi connectivity index (χ3v) is 4.57. The molecule has 0 unspecified atom stereocenters. The van der Waals surface area contributed by atoms with Gasteiger partial charge in [-0.1, -0.05) is 42.5 Å². The van der Waals surface area contributed by atoms with Crippen LogP contribution in [0.1, 0.15) is 17.5 Å². The smallest absolute Gasteiger partial charge is 0.338 e. The molecular weight excluding hydrogens is 400 g/mol. The summed E-state index contributed by atoms with van der Waals surface area (Å²) in [6.07, 6.45) is -1.14. The molecule has 2 aromatic carbocycles. The van der Waals surface area contributed by atoms with E-state index in [0.29, 0.717) is 11.3 Å². The van der Waals surface area contributed by atoms with Gasteiger partial charge in [-0.25, -0.2) is 15.2 Å². The molecule has 6 N–H and O–H groups in total. The Morgan fingerprint density at radius 2 is 1.84 bits per heavy atom. The maximum atomic E-state index is 12.6. The molecule has 10 heteroatoms. The molecular formula is C21H24N6O4. The topological polar surface area (TPSA) is 150 Å². The number of carbonyl (C=O) groups is 3. The second-order valence-electron chi connectivity index (χ2n) is 6.87. The summed E-state index contributed by atoms with van der Waals surface area (Å²) in [5.74, 6) is -0.876. The Bertz CT molecular complexity index is 948. The first kappa shape index (κ1) is 21.8. The van der Waals surface area contributed by atoms with E-state index in [9.17, 15) is 14.4 Å². The van der Waals surface area contributed by atoms with Crippen molar-refractivity contribution in [3.05, 3.63) is 65.7 Å². The number of rotatable bonds is 7. The fourth-order valence-corrected chi connectivity index (χ4v) is 2.95. The second kappa shape index (κ2) is 10.2. The maximum absolute atomic E-state index is 12.6. The summed E-state index contributed by atoms with van der Waals surface area (Å²) in [4.78, 5) is 37.0. The van der Waals surface area contributed by atoms with Crippen LogP contribution in [0.2, 0.25) is 0 Å². The van der Waals surface area contributed by atoms with E-state index in [2.05, 4.69) is 16.1 Å². The van der Waals surface area contributed by atoms with E-state index in [0.717, 1.165) is 10.6 Å². The van der Waals surface area contributed by atoms with Crippen molar-refractivity contribution in [1.82, 2.24) is 15.8 Å². The van der Waals surface area contributed by atoms with Gasteiger partial charge in [0.2, 0.25) is 5.91 Å². The molecule has 1 saturated heterocycles. The lowest BCUT2D eigenvalue weighted by molar-refractivity contribution is -0.158. The van der Waals surface area contributed by atoms with Crippen molar-refractivity contribution in [2.75, 3.05) is 18.5 Å². The molecule has 0 radical (unpaired) electrons. The highest BCUT2D eigenvalue weighted by atomic mass is 16.5. The van der Waals surface area contributed by atoms with Crippen molar-refractivity contribution in [3.8, 4) is 0 Å². The van der Waals surface area contributed by atoms with E-state index in [4.69, 9.17) is 15.9 Å². The molecule has 31 heavy (non-hydrogen) atoms. The molecule has 1 aliphatic heterocycles. The number of amidine groups is 1. The molecule has 2 aromatic rings. The van der Waals surface area contributed by atoms with Gasteiger partial charge < -0.3 is 21.1 Å². The third kappa shape index (κ3) is 6.28. The summed E-state index contributed by atoms with van der Waals surface area (Å²) >= 11 is 0. The summed E-state index contributed by atoms with van der Waals surface area (Å²) in [5, 5.41) is 13.9. The maximum Gasteiger partial charge on any atom is 0.338 e. The van der Waals surface area contributed by atoms with Crippen LogP contribution < -0.4 is 21.8 Å². The summed E-state index contributed by atoms with van der Waals surface area (Å²) in [6.45, 7) is 0.642. The molecule has 0 saturated carbocycles. The number of hydrogen-bond donors (Lipinski definition) is 5. The predicted molar refractivity (Wildman–Crippen MR) is 114 cm³/mol. The predicted octanol–water partition coefficient (Wildman–Crippen LogP) is 0.941. The number of nitrogens with one attached hydrogen (secondary N) is 4. The van der Waals surface area contributed by atoms with Gasteiger partial charge in [-0.3, -0.25) is 15.0 Å². The zero-order valence-electron chi connectivity index (χ0n) is 16.8. The van der Waals surface area contributed by atoms with Gasteiger partial charge >= 0.3 is 6.03 Å². The molecule has 0 aromatic heterocycles. The lowest BCUT2D eigenvalue weighted by Crippen LogP contribution is -2.57. The summed E-state index contributed by atoms with van der Waals surface area (Å²) in [5.41, 5.74) is 9.92. The highest BCUT2D eigenvalue weighted by Gasteiger charge is 2.32. The summed E-state index contributed by atoms with van der Waals surface area (Å²) in [7, 11) is 0. The first-order valence-corrected chi connectivity index (χ1v) is 9.68. The minimum atomic E-state index is -0.981. The van der Waals surface area contributed by atoms with Gasteiger partial charge in [-0.05, 0) is 17.7 Å². The Morgan fingerprint density at radius 1 is 1.13 bits per heavy atom. The van der Waals surface area contributed by atoms with Crippen molar-refractivity contribution in [2.24, 2.45) is 5.73 Å². The first-order chi connectivity index (χ1) is 14.9. The van der Waals surface area contributed by atoms with Gasteiger partial charge in [-0.15, -0.1) is 0 Å². The van der Waals surface area contributed by atoms with Crippen molar-refractivity contribution in [2.45, 2.75) is 19.1 Å². The standard InChI is InChI=1S/C21H24N6O4/c22-19(23)15-8-6-14(7-9-15)13-24-18(28)12-17-20(29)27(10-11-31-17)26-21(30)25-16-4-2-1-3-5-16/h1-9,17H,10-13H2,(H3,22,23)(H,24,28)(H2,25,26,30)/t17-/m1/s1. The quantitative estimate of drug-likeness (QED) is 0.331. The minimum Gasteiger partial charge on any atom is -0.384 e. The van der Waals surface area contributed by atoms with Crippen molar-refractivity contribution in [3.63, 3.8) is 0 Å². The Balaban J connectivity index is 1.47. The number of para-hydroxylation sites is 1. The average Bonchev–Trinajstić information content (AvgIpc) is 2.76. The number of carbonyl (C=O) groups excluding carboxylic acids is 3.